The molecular formula is C17H23N5O4S. The third-order valence-corrected chi connectivity index (χ3v) is 6.15. The van der Waals surface area contributed by atoms with Crippen LogP contribution < -0.4 is 10.6 Å². The number of aromatic nitrogens is 2. The van der Waals surface area contributed by atoms with Crippen molar-refractivity contribution in [2.75, 3.05) is 38.7 Å². The van der Waals surface area contributed by atoms with Gasteiger partial charge in [0.25, 0.3) is 11.8 Å². The molecule has 1 fully saturated rings. The summed E-state index contributed by atoms with van der Waals surface area (Å²) < 4.78 is 24.7. The Morgan fingerprint density at radius 3 is 2.74 bits per heavy atom. The lowest BCUT2D eigenvalue weighted by Gasteiger charge is -2.09. The van der Waals surface area contributed by atoms with Gasteiger partial charge in [-0.25, -0.2) is 13.4 Å². The van der Waals surface area contributed by atoms with E-state index in [-0.39, 0.29) is 28.9 Å². The first-order valence-corrected chi connectivity index (χ1v) is 10.5. The Morgan fingerprint density at radius 2 is 2.07 bits per heavy atom. The second-order valence-corrected chi connectivity index (χ2v) is 9.10. The highest BCUT2D eigenvalue weighted by molar-refractivity contribution is 7.91. The average Bonchev–Trinajstić information content (AvgIpc) is 3.14. The molecule has 1 aliphatic rings. The van der Waals surface area contributed by atoms with Crippen molar-refractivity contribution in [1.29, 1.82) is 0 Å². The van der Waals surface area contributed by atoms with E-state index < -0.39 is 21.8 Å². The van der Waals surface area contributed by atoms with Gasteiger partial charge in [0.1, 0.15) is 0 Å². The Hall–Kier alpha value is -2.46. The van der Waals surface area contributed by atoms with Gasteiger partial charge in [-0.05, 0) is 32.6 Å². The van der Waals surface area contributed by atoms with Crippen LogP contribution in [0.25, 0.3) is 5.52 Å². The number of nitrogens with one attached hydrogen (secondary N) is 2. The van der Waals surface area contributed by atoms with Gasteiger partial charge in [0.15, 0.2) is 15.5 Å². The number of pyridine rings is 1. The second kappa shape index (κ2) is 7.65. The summed E-state index contributed by atoms with van der Waals surface area (Å²) in [5, 5.41) is 5.50. The molecule has 146 valence electrons. The van der Waals surface area contributed by atoms with E-state index in [1.165, 1.54) is 0 Å². The molecule has 0 aromatic carbocycles. The number of sulfone groups is 1. The first-order chi connectivity index (χ1) is 12.8. The molecule has 3 heterocycles. The van der Waals surface area contributed by atoms with Crippen molar-refractivity contribution in [2.24, 2.45) is 0 Å². The molecule has 1 atom stereocenters. The summed E-state index contributed by atoms with van der Waals surface area (Å²) in [5.41, 5.74) is 0.683. The minimum Gasteiger partial charge on any atom is -0.349 e. The summed E-state index contributed by atoms with van der Waals surface area (Å²) in [7, 11) is 0.712. The van der Waals surface area contributed by atoms with Crippen molar-refractivity contribution in [2.45, 2.75) is 12.5 Å². The van der Waals surface area contributed by atoms with Crippen molar-refractivity contribution < 1.29 is 18.0 Å². The Bertz CT molecular complexity index is 967. The maximum absolute atomic E-state index is 12.6. The van der Waals surface area contributed by atoms with Crippen molar-refractivity contribution >= 4 is 27.2 Å². The van der Waals surface area contributed by atoms with Crippen LogP contribution in [0.3, 0.4) is 0 Å². The molecular weight excluding hydrogens is 370 g/mol. The smallest absolute Gasteiger partial charge is 0.287 e. The van der Waals surface area contributed by atoms with Gasteiger partial charge in [0.2, 0.25) is 5.82 Å². The van der Waals surface area contributed by atoms with E-state index in [2.05, 4.69) is 15.6 Å². The van der Waals surface area contributed by atoms with Gasteiger partial charge >= 0.3 is 0 Å². The molecule has 2 aromatic heterocycles. The Balaban J connectivity index is 1.82. The van der Waals surface area contributed by atoms with E-state index in [1.807, 2.05) is 19.0 Å². The minimum absolute atomic E-state index is 0.0626. The van der Waals surface area contributed by atoms with Crippen LogP contribution in [0.2, 0.25) is 0 Å². The predicted octanol–water partition coefficient (Wildman–Crippen LogP) is -0.457. The molecule has 1 unspecified atom stereocenters. The molecule has 9 nitrogen and oxygen atoms in total. The highest BCUT2D eigenvalue weighted by atomic mass is 32.2. The normalized spacial score (nSPS) is 18.7. The summed E-state index contributed by atoms with van der Waals surface area (Å²) in [6, 6.07) is 4.78. The SMILES string of the molecule is CN(C)CCNC(=O)c1nc(C(=O)NC2CCS(=O)(=O)C2)n2ccccc12. The van der Waals surface area contributed by atoms with Gasteiger partial charge in [-0.3, -0.25) is 14.0 Å². The largest absolute Gasteiger partial charge is 0.349 e. The van der Waals surface area contributed by atoms with Gasteiger partial charge in [-0.15, -0.1) is 0 Å². The predicted molar refractivity (Wildman–Crippen MR) is 101 cm³/mol. The number of rotatable bonds is 6. The second-order valence-electron chi connectivity index (χ2n) is 6.87. The van der Waals surface area contributed by atoms with Gasteiger partial charge in [-0.1, -0.05) is 6.07 Å². The van der Waals surface area contributed by atoms with Crippen LogP contribution >= 0.6 is 0 Å². The topological polar surface area (TPSA) is 113 Å². The molecule has 3 rings (SSSR count). The number of nitrogens with zero attached hydrogens (tertiary/aromatic N) is 3. The van der Waals surface area contributed by atoms with Crippen LogP contribution in [0.5, 0.6) is 0 Å². The molecule has 0 radical (unpaired) electrons. The maximum Gasteiger partial charge on any atom is 0.287 e. The van der Waals surface area contributed by atoms with Crippen LogP contribution in [0.15, 0.2) is 24.4 Å². The minimum atomic E-state index is -3.10. The fourth-order valence-corrected chi connectivity index (χ4v) is 4.67. The number of carbonyl (C=O) groups is 2. The number of carbonyl (C=O) groups excluding carboxylic acids is 2. The molecule has 2 aromatic rings. The van der Waals surface area contributed by atoms with Gasteiger partial charge in [-0.2, -0.15) is 0 Å². The summed E-state index contributed by atoms with van der Waals surface area (Å²) in [6.45, 7) is 1.14. The summed E-state index contributed by atoms with van der Waals surface area (Å²) >= 11 is 0. The van der Waals surface area contributed by atoms with Crippen LogP contribution in [-0.2, 0) is 9.84 Å². The lowest BCUT2D eigenvalue weighted by molar-refractivity contribution is 0.0930. The van der Waals surface area contributed by atoms with Crippen molar-refractivity contribution in [1.82, 2.24) is 24.9 Å². The quantitative estimate of drug-likeness (QED) is 0.687. The summed E-state index contributed by atoms with van der Waals surface area (Å²) in [5.74, 6) is -0.791. The average molecular weight is 393 g/mol. The molecule has 0 aliphatic carbocycles. The molecule has 1 aliphatic heterocycles. The monoisotopic (exact) mass is 393 g/mol. The third-order valence-electron chi connectivity index (χ3n) is 4.38. The zero-order valence-corrected chi connectivity index (χ0v) is 16.1. The number of fused-ring (bicyclic) bond motifs is 1. The van der Waals surface area contributed by atoms with Gasteiger partial charge in [0.05, 0.1) is 17.0 Å². The van der Waals surface area contributed by atoms with Crippen LogP contribution in [0.1, 0.15) is 27.5 Å². The van der Waals surface area contributed by atoms with E-state index in [1.54, 1.807) is 28.8 Å². The van der Waals surface area contributed by atoms with Crippen molar-refractivity contribution in [3.8, 4) is 0 Å². The lowest BCUT2D eigenvalue weighted by Crippen LogP contribution is -2.36. The molecule has 0 spiro atoms. The highest BCUT2D eigenvalue weighted by Crippen LogP contribution is 2.15. The fraction of sp³-hybridized carbons (Fsp3) is 0.471. The number of hydrogen-bond acceptors (Lipinski definition) is 6. The first kappa shape index (κ1) is 19.3. The Kier molecular flexibility index (Phi) is 5.47. The molecule has 2 N–H and O–H groups in total. The van der Waals surface area contributed by atoms with Crippen LogP contribution in [0.4, 0.5) is 0 Å². The van der Waals surface area contributed by atoms with Crippen molar-refractivity contribution in [3.05, 3.63) is 35.9 Å². The Morgan fingerprint density at radius 1 is 1.30 bits per heavy atom. The number of imidazole rings is 1. The van der Waals surface area contributed by atoms with Gasteiger partial charge in [0, 0.05) is 25.3 Å². The molecule has 0 saturated carbocycles. The van der Waals surface area contributed by atoms with E-state index in [0.29, 0.717) is 25.0 Å². The molecule has 2 amide bonds. The zero-order chi connectivity index (χ0) is 19.6. The molecule has 1 saturated heterocycles. The number of likely N-dealkylation sites (N-methyl/N-ethyl adjacent to an activating group) is 1. The highest BCUT2D eigenvalue weighted by Gasteiger charge is 2.30. The number of hydrogen-bond donors (Lipinski definition) is 2. The standard InChI is InChI=1S/C17H23N5O4S/c1-21(2)9-7-18-16(23)14-13-5-3-4-8-22(13)15(20-14)17(24)19-12-6-10-27(25,26)11-12/h3-5,8,12H,6-7,9-11H2,1-2H3,(H,18,23)(H,19,24). The molecule has 27 heavy (non-hydrogen) atoms. The van der Waals surface area contributed by atoms with Crippen LogP contribution in [-0.4, -0.2) is 79.2 Å². The fourth-order valence-electron chi connectivity index (χ4n) is 3.00. The maximum atomic E-state index is 12.6. The van der Waals surface area contributed by atoms with Gasteiger partial charge < -0.3 is 15.5 Å². The first-order valence-electron chi connectivity index (χ1n) is 8.68. The van der Waals surface area contributed by atoms with Crippen molar-refractivity contribution in [3.63, 3.8) is 0 Å². The summed E-state index contributed by atoms with van der Waals surface area (Å²) in [4.78, 5) is 31.3. The molecule has 10 heteroatoms. The lowest BCUT2D eigenvalue weighted by atomic mass is 10.2. The molecule has 0 bridgehead atoms. The number of amides is 2. The summed E-state index contributed by atoms with van der Waals surface area (Å²) in [6.07, 6.45) is 2.04. The van der Waals surface area contributed by atoms with E-state index in [9.17, 15) is 18.0 Å². The van der Waals surface area contributed by atoms with E-state index >= 15 is 0 Å². The van der Waals surface area contributed by atoms with E-state index in [0.717, 1.165) is 0 Å². The Labute approximate surface area is 157 Å². The van der Waals surface area contributed by atoms with E-state index in [4.69, 9.17) is 0 Å². The third kappa shape index (κ3) is 4.45. The zero-order valence-electron chi connectivity index (χ0n) is 15.3. The van der Waals surface area contributed by atoms with Crippen LogP contribution in [0, 0.1) is 0 Å².